The number of para-hydroxylation sites is 1. The van der Waals surface area contributed by atoms with Crippen LogP contribution in [0, 0.1) is 0 Å². The Morgan fingerprint density at radius 3 is 1.55 bits per heavy atom. The van der Waals surface area contributed by atoms with Crippen molar-refractivity contribution in [3.63, 3.8) is 0 Å². The van der Waals surface area contributed by atoms with E-state index in [2.05, 4.69) is 168 Å². The number of rotatable bonds is 6. The highest BCUT2D eigenvalue weighted by Gasteiger charge is 2.15. The van der Waals surface area contributed by atoms with Gasteiger partial charge in [-0.3, -0.25) is 0 Å². The van der Waals surface area contributed by atoms with Crippen LogP contribution in [0.15, 0.2) is 200 Å². The quantitative estimate of drug-likeness (QED) is 0.176. The van der Waals surface area contributed by atoms with Crippen LogP contribution in [0.4, 0.5) is 0 Å². The third-order valence-corrected chi connectivity index (χ3v) is 10.2. The molecule has 0 atom stereocenters. The summed E-state index contributed by atoms with van der Waals surface area (Å²) in [5.41, 5.74) is 13.2. The number of hydrogen-bond acceptors (Lipinski definition) is 2. The lowest BCUT2D eigenvalue weighted by atomic mass is 9.99. The molecule has 0 spiro atoms. The predicted molar refractivity (Wildman–Crippen MR) is 221 cm³/mol. The summed E-state index contributed by atoms with van der Waals surface area (Å²) in [6.07, 6.45) is 0. The fourth-order valence-corrected chi connectivity index (χ4v) is 7.50. The van der Waals surface area contributed by atoms with Gasteiger partial charge in [-0.05, 0) is 75.5 Å². The second-order valence-corrected chi connectivity index (χ2v) is 13.5. The van der Waals surface area contributed by atoms with Gasteiger partial charge in [-0.15, -0.1) is 0 Å². The lowest BCUT2D eigenvalue weighted by Crippen LogP contribution is -1.96. The van der Waals surface area contributed by atoms with E-state index in [9.17, 15) is 0 Å². The number of aromatic nitrogens is 3. The van der Waals surface area contributed by atoms with E-state index in [1.807, 2.05) is 36.4 Å². The topological polar surface area (TPSA) is 30.7 Å². The van der Waals surface area contributed by atoms with Crippen molar-refractivity contribution in [3.05, 3.63) is 200 Å². The van der Waals surface area contributed by atoms with Gasteiger partial charge in [-0.2, -0.15) is 0 Å². The normalized spacial score (nSPS) is 11.4. The molecule has 2 heterocycles. The van der Waals surface area contributed by atoms with Gasteiger partial charge in [0.25, 0.3) is 0 Å². The van der Waals surface area contributed by atoms with Gasteiger partial charge in [0.2, 0.25) is 0 Å². The van der Waals surface area contributed by atoms with E-state index in [0.29, 0.717) is 0 Å². The Kier molecular flexibility index (Phi) is 7.47. The van der Waals surface area contributed by atoms with E-state index in [0.717, 1.165) is 50.7 Å². The Hall–Kier alpha value is -7.10. The first-order chi connectivity index (χ1) is 26.2. The van der Waals surface area contributed by atoms with Crippen molar-refractivity contribution < 1.29 is 0 Å². The van der Waals surface area contributed by atoms with Crippen LogP contribution in [0.2, 0.25) is 0 Å². The zero-order chi connectivity index (χ0) is 35.1. The molecule has 3 nitrogen and oxygen atoms in total. The minimum absolute atomic E-state index is 0.719. The van der Waals surface area contributed by atoms with Crippen LogP contribution in [-0.4, -0.2) is 14.5 Å². The molecule has 0 radical (unpaired) electrons. The van der Waals surface area contributed by atoms with E-state index in [1.165, 1.54) is 43.7 Å². The lowest BCUT2D eigenvalue weighted by Gasteiger charge is -2.11. The zero-order valence-electron chi connectivity index (χ0n) is 28.9. The van der Waals surface area contributed by atoms with E-state index in [-0.39, 0.29) is 0 Å². The summed E-state index contributed by atoms with van der Waals surface area (Å²) in [6, 6.07) is 71.0. The molecule has 0 amide bonds. The second kappa shape index (κ2) is 12.9. The Morgan fingerprint density at radius 1 is 0.302 bits per heavy atom. The number of benzene rings is 8. The molecule has 0 saturated carbocycles. The molecular weight excluding hydrogens is 643 g/mol. The second-order valence-electron chi connectivity index (χ2n) is 13.5. The van der Waals surface area contributed by atoms with Gasteiger partial charge in [0.15, 0.2) is 5.82 Å². The van der Waals surface area contributed by atoms with E-state index in [1.54, 1.807) is 0 Å². The molecule has 0 N–H and O–H groups in total. The molecule has 0 aliphatic carbocycles. The molecule has 10 rings (SSSR count). The first-order valence-corrected chi connectivity index (χ1v) is 18.0. The summed E-state index contributed by atoms with van der Waals surface area (Å²) < 4.78 is 2.38. The third kappa shape index (κ3) is 5.65. The smallest absolute Gasteiger partial charge is 0.160 e. The highest BCUT2D eigenvalue weighted by atomic mass is 15.0. The summed E-state index contributed by atoms with van der Waals surface area (Å²) in [4.78, 5) is 9.96. The monoisotopic (exact) mass is 675 g/mol. The number of hydrogen-bond donors (Lipinski definition) is 0. The van der Waals surface area contributed by atoms with Crippen LogP contribution in [0.3, 0.4) is 0 Å². The third-order valence-electron chi connectivity index (χ3n) is 10.2. The predicted octanol–water partition coefficient (Wildman–Crippen LogP) is 13.1. The van der Waals surface area contributed by atoms with Crippen molar-refractivity contribution in [2.75, 3.05) is 0 Å². The number of fused-ring (bicyclic) bond motifs is 4. The molecular formula is C50H33N3. The summed E-state index contributed by atoms with van der Waals surface area (Å²) in [6.45, 7) is 0. The molecule has 248 valence electrons. The van der Waals surface area contributed by atoms with E-state index in [4.69, 9.17) is 9.97 Å². The SMILES string of the molecule is c1ccc(-c2cc(-c3ccc(-c4ccc(-n5c6ccccc6c6cc(-c7ccc8ccccc8c7)ccc65)cc4)cc3)nc(-c3ccccc3)n2)cc1. The lowest BCUT2D eigenvalue weighted by molar-refractivity contribution is 1.18. The van der Waals surface area contributed by atoms with Crippen LogP contribution in [0.1, 0.15) is 0 Å². The van der Waals surface area contributed by atoms with Crippen LogP contribution in [0.5, 0.6) is 0 Å². The van der Waals surface area contributed by atoms with E-state index >= 15 is 0 Å². The molecule has 0 unspecified atom stereocenters. The first-order valence-electron chi connectivity index (χ1n) is 18.0. The van der Waals surface area contributed by atoms with Gasteiger partial charge < -0.3 is 4.57 Å². The summed E-state index contributed by atoms with van der Waals surface area (Å²) in [5.74, 6) is 0.719. The van der Waals surface area contributed by atoms with Crippen LogP contribution in [-0.2, 0) is 0 Å². The number of nitrogens with zero attached hydrogens (tertiary/aromatic N) is 3. The summed E-state index contributed by atoms with van der Waals surface area (Å²) in [5, 5.41) is 5.02. The summed E-state index contributed by atoms with van der Waals surface area (Å²) in [7, 11) is 0. The van der Waals surface area contributed by atoms with E-state index < -0.39 is 0 Å². The van der Waals surface area contributed by atoms with Gasteiger partial charge in [0.1, 0.15) is 0 Å². The Balaban J connectivity index is 0.985. The van der Waals surface area contributed by atoms with Gasteiger partial charge in [0, 0.05) is 33.2 Å². The average molecular weight is 676 g/mol. The minimum atomic E-state index is 0.719. The van der Waals surface area contributed by atoms with Crippen LogP contribution < -0.4 is 0 Å². The fraction of sp³-hybridized carbons (Fsp3) is 0. The van der Waals surface area contributed by atoms with Crippen molar-refractivity contribution >= 4 is 32.6 Å². The molecule has 53 heavy (non-hydrogen) atoms. The van der Waals surface area contributed by atoms with Gasteiger partial charge in [0.05, 0.1) is 22.4 Å². The molecule has 3 heteroatoms. The molecule has 10 aromatic rings. The molecule has 0 saturated heterocycles. The maximum Gasteiger partial charge on any atom is 0.160 e. The van der Waals surface area contributed by atoms with Gasteiger partial charge in [-0.1, -0.05) is 158 Å². The first kappa shape index (κ1) is 30.7. The molecule has 0 aliphatic rings. The maximum absolute atomic E-state index is 5.01. The van der Waals surface area contributed by atoms with Crippen molar-refractivity contribution in [1.29, 1.82) is 0 Å². The molecule has 0 aliphatic heterocycles. The Labute approximate surface area is 308 Å². The summed E-state index contributed by atoms with van der Waals surface area (Å²) >= 11 is 0. The van der Waals surface area contributed by atoms with Crippen molar-refractivity contribution in [2.24, 2.45) is 0 Å². The molecule has 0 bridgehead atoms. The van der Waals surface area contributed by atoms with Crippen molar-refractivity contribution in [1.82, 2.24) is 14.5 Å². The molecule has 8 aromatic carbocycles. The molecule has 0 fully saturated rings. The zero-order valence-corrected chi connectivity index (χ0v) is 28.9. The minimum Gasteiger partial charge on any atom is -0.309 e. The van der Waals surface area contributed by atoms with Crippen LogP contribution >= 0.6 is 0 Å². The fourth-order valence-electron chi connectivity index (χ4n) is 7.50. The van der Waals surface area contributed by atoms with Crippen molar-refractivity contribution in [3.8, 4) is 61.8 Å². The molecule has 2 aromatic heterocycles. The van der Waals surface area contributed by atoms with Crippen LogP contribution in [0.25, 0.3) is 94.4 Å². The van der Waals surface area contributed by atoms with Crippen molar-refractivity contribution in [2.45, 2.75) is 0 Å². The Bertz CT molecular complexity index is 2850. The average Bonchev–Trinajstić information content (AvgIpc) is 3.58. The maximum atomic E-state index is 5.01. The highest BCUT2D eigenvalue weighted by Crippen LogP contribution is 2.36. The Morgan fingerprint density at radius 2 is 0.811 bits per heavy atom. The van der Waals surface area contributed by atoms with Gasteiger partial charge in [-0.25, -0.2) is 9.97 Å². The highest BCUT2D eigenvalue weighted by molar-refractivity contribution is 6.10. The largest absolute Gasteiger partial charge is 0.309 e. The van der Waals surface area contributed by atoms with Gasteiger partial charge >= 0.3 is 0 Å². The standard InChI is InChI=1S/C50H33N3/c1-3-12-37(13-4-1)46-33-47(52-50(51-46)39-14-5-2-6-15-39)38-22-19-35(20-23-38)36-25-28-43(29-26-36)53-48-18-10-9-17-44(48)45-32-42(27-30-49(45)53)41-24-21-34-11-7-8-16-40(34)31-41/h1-33H.